The maximum absolute atomic E-state index is 13.4. The van der Waals surface area contributed by atoms with Gasteiger partial charge in [-0.2, -0.15) is 0 Å². The lowest BCUT2D eigenvalue weighted by atomic mass is 10.1. The minimum Gasteiger partial charge on any atom is -0.477 e. The molecule has 0 unspecified atom stereocenters. The molecule has 1 heterocycles. The molecule has 2 rings (SSSR count). The molecule has 0 bridgehead atoms. The third-order valence-corrected chi connectivity index (χ3v) is 2.09. The van der Waals surface area contributed by atoms with Gasteiger partial charge in [-0.15, -0.1) is 0 Å². The number of aromatic nitrogens is 2. The molecule has 0 amide bonds. The second-order valence-corrected chi connectivity index (χ2v) is 3.22. The number of aromatic carboxylic acids is 1. The molecule has 0 saturated heterocycles. The number of carboxylic acid groups (broad SMARTS) is 1. The molecule has 2 aromatic rings. The Labute approximate surface area is 94.6 Å². The number of hydrogen-bond donors (Lipinski definition) is 1. The maximum atomic E-state index is 13.4. The van der Waals surface area contributed by atoms with Crippen molar-refractivity contribution in [1.82, 2.24) is 9.97 Å². The molecule has 6 heteroatoms. The van der Waals surface area contributed by atoms with Crippen LogP contribution in [0, 0.1) is 11.6 Å². The van der Waals surface area contributed by atoms with E-state index in [-0.39, 0.29) is 17.0 Å². The zero-order valence-corrected chi connectivity index (χ0v) is 8.39. The van der Waals surface area contributed by atoms with Gasteiger partial charge in [0.05, 0.1) is 5.69 Å². The molecule has 0 aliphatic heterocycles. The lowest BCUT2D eigenvalue weighted by molar-refractivity contribution is 0.0690. The van der Waals surface area contributed by atoms with Crippen LogP contribution in [0.15, 0.2) is 30.6 Å². The topological polar surface area (TPSA) is 63.1 Å². The van der Waals surface area contributed by atoms with E-state index in [1.807, 2.05) is 0 Å². The highest BCUT2D eigenvalue weighted by molar-refractivity contribution is 5.86. The number of nitrogens with zero attached hydrogens (tertiary/aromatic N) is 2. The van der Waals surface area contributed by atoms with Gasteiger partial charge in [0.2, 0.25) is 0 Å². The number of rotatable bonds is 2. The Kier molecular flexibility index (Phi) is 2.78. The van der Waals surface area contributed by atoms with E-state index in [9.17, 15) is 13.6 Å². The zero-order chi connectivity index (χ0) is 12.4. The van der Waals surface area contributed by atoms with Crippen LogP contribution in [0.5, 0.6) is 0 Å². The Morgan fingerprint density at radius 2 is 1.94 bits per heavy atom. The first-order valence-corrected chi connectivity index (χ1v) is 4.58. The minimum absolute atomic E-state index is 0.0226. The Hall–Kier alpha value is -2.37. The highest BCUT2D eigenvalue weighted by atomic mass is 19.1. The lowest BCUT2D eigenvalue weighted by Crippen LogP contribution is -2.01. The van der Waals surface area contributed by atoms with Crippen molar-refractivity contribution in [2.75, 3.05) is 0 Å². The summed E-state index contributed by atoms with van der Waals surface area (Å²) < 4.78 is 26.4. The summed E-state index contributed by atoms with van der Waals surface area (Å²) in [5, 5.41) is 8.72. The van der Waals surface area contributed by atoms with Crippen LogP contribution >= 0.6 is 0 Å². The van der Waals surface area contributed by atoms with E-state index >= 15 is 0 Å². The summed E-state index contributed by atoms with van der Waals surface area (Å²) in [5.41, 5.74) is -0.358. The highest BCUT2D eigenvalue weighted by Crippen LogP contribution is 2.21. The third-order valence-electron chi connectivity index (χ3n) is 2.09. The molecule has 0 spiro atoms. The lowest BCUT2D eigenvalue weighted by Gasteiger charge is -2.03. The van der Waals surface area contributed by atoms with Crippen LogP contribution in [0.25, 0.3) is 11.3 Å². The van der Waals surface area contributed by atoms with Crippen LogP contribution in [0.1, 0.15) is 10.5 Å². The van der Waals surface area contributed by atoms with Crippen molar-refractivity contribution < 1.29 is 18.7 Å². The second-order valence-electron chi connectivity index (χ2n) is 3.22. The van der Waals surface area contributed by atoms with Crippen LogP contribution in [0.2, 0.25) is 0 Å². The second kappa shape index (κ2) is 4.25. The number of hydrogen-bond acceptors (Lipinski definition) is 3. The van der Waals surface area contributed by atoms with Crippen LogP contribution in [-0.4, -0.2) is 21.0 Å². The fourth-order valence-electron chi connectivity index (χ4n) is 1.32. The van der Waals surface area contributed by atoms with Gasteiger partial charge in [0.1, 0.15) is 18.0 Å². The van der Waals surface area contributed by atoms with Crippen LogP contribution in [0.4, 0.5) is 8.78 Å². The van der Waals surface area contributed by atoms with Crippen molar-refractivity contribution in [3.05, 3.63) is 47.9 Å². The summed E-state index contributed by atoms with van der Waals surface area (Å²) >= 11 is 0. The van der Waals surface area contributed by atoms with Crippen molar-refractivity contribution >= 4 is 5.97 Å². The zero-order valence-electron chi connectivity index (χ0n) is 8.39. The molecule has 1 aromatic heterocycles. The normalized spacial score (nSPS) is 10.2. The Morgan fingerprint density at radius 3 is 2.65 bits per heavy atom. The van der Waals surface area contributed by atoms with Gasteiger partial charge in [-0.3, -0.25) is 0 Å². The number of benzene rings is 1. The molecule has 17 heavy (non-hydrogen) atoms. The summed E-state index contributed by atoms with van der Waals surface area (Å²) in [6.07, 6.45) is 0.989. The van der Waals surface area contributed by atoms with Crippen molar-refractivity contribution in [2.24, 2.45) is 0 Å². The van der Waals surface area contributed by atoms with Crippen molar-refractivity contribution in [3.63, 3.8) is 0 Å². The van der Waals surface area contributed by atoms with Gasteiger partial charge in [-0.25, -0.2) is 23.5 Å². The van der Waals surface area contributed by atoms with Gasteiger partial charge in [0, 0.05) is 5.56 Å². The fourth-order valence-corrected chi connectivity index (χ4v) is 1.32. The first-order chi connectivity index (χ1) is 8.08. The van der Waals surface area contributed by atoms with Crippen LogP contribution in [0.3, 0.4) is 0 Å². The average Bonchev–Trinajstić information content (AvgIpc) is 2.32. The van der Waals surface area contributed by atoms with Gasteiger partial charge in [0.25, 0.3) is 0 Å². The van der Waals surface area contributed by atoms with E-state index < -0.39 is 17.6 Å². The summed E-state index contributed by atoms with van der Waals surface area (Å²) in [5.74, 6) is -2.57. The standard InChI is InChI=1S/C11H6F2N2O2/c12-6-1-2-8(13)7(3-6)9-4-10(11(16)17)15-5-14-9/h1-5H,(H,16,17). The molecule has 86 valence electrons. The third kappa shape index (κ3) is 2.25. The van der Waals surface area contributed by atoms with E-state index in [4.69, 9.17) is 5.11 Å². The number of carbonyl (C=O) groups is 1. The molecule has 0 atom stereocenters. The summed E-state index contributed by atoms with van der Waals surface area (Å²) in [6.45, 7) is 0. The van der Waals surface area contributed by atoms with Crippen molar-refractivity contribution in [2.45, 2.75) is 0 Å². The first kappa shape index (κ1) is 11.1. The SMILES string of the molecule is O=C(O)c1cc(-c2cc(F)ccc2F)ncn1. The molecule has 0 fully saturated rings. The quantitative estimate of drug-likeness (QED) is 0.867. The van der Waals surface area contributed by atoms with E-state index in [0.717, 1.165) is 30.6 Å². The molecule has 0 radical (unpaired) electrons. The van der Waals surface area contributed by atoms with Crippen molar-refractivity contribution in [1.29, 1.82) is 0 Å². The Morgan fingerprint density at radius 1 is 1.18 bits per heavy atom. The fraction of sp³-hybridized carbons (Fsp3) is 0. The molecule has 0 saturated carbocycles. The number of carboxylic acids is 1. The summed E-state index contributed by atoms with van der Waals surface area (Å²) in [6, 6.07) is 3.95. The molecule has 4 nitrogen and oxygen atoms in total. The molecule has 0 aliphatic carbocycles. The largest absolute Gasteiger partial charge is 0.477 e. The molecule has 0 aliphatic rings. The first-order valence-electron chi connectivity index (χ1n) is 4.58. The molecule has 1 N–H and O–H groups in total. The van der Waals surface area contributed by atoms with E-state index in [0.29, 0.717) is 0 Å². The van der Waals surface area contributed by atoms with Crippen molar-refractivity contribution in [3.8, 4) is 11.3 Å². The van der Waals surface area contributed by atoms with Crippen LogP contribution in [-0.2, 0) is 0 Å². The van der Waals surface area contributed by atoms with E-state index in [2.05, 4.69) is 9.97 Å². The smallest absolute Gasteiger partial charge is 0.354 e. The summed E-state index contributed by atoms with van der Waals surface area (Å²) in [7, 11) is 0. The highest BCUT2D eigenvalue weighted by Gasteiger charge is 2.11. The van der Waals surface area contributed by atoms with Gasteiger partial charge >= 0.3 is 5.97 Å². The average molecular weight is 236 g/mol. The van der Waals surface area contributed by atoms with Crippen LogP contribution < -0.4 is 0 Å². The van der Waals surface area contributed by atoms with E-state index in [1.54, 1.807) is 0 Å². The van der Waals surface area contributed by atoms with Gasteiger partial charge in [0.15, 0.2) is 5.69 Å². The predicted molar refractivity (Wildman–Crippen MR) is 54.3 cm³/mol. The summed E-state index contributed by atoms with van der Waals surface area (Å²) in [4.78, 5) is 17.9. The molecule has 1 aromatic carbocycles. The Balaban J connectivity index is 2.56. The number of halogens is 2. The van der Waals surface area contributed by atoms with E-state index in [1.165, 1.54) is 0 Å². The predicted octanol–water partition coefficient (Wildman–Crippen LogP) is 2.12. The van der Waals surface area contributed by atoms with Gasteiger partial charge < -0.3 is 5.11 Å². The maximum Gasteiger partial charge on any atom is 0.354 e. The Bertz CT molecular complexity index is 587. The molecular formula is C11H6F2N2O2. The van der Waals surface area contributed by atoms with Gasteiger partial charge in [-0.05, 0) is 24.3 Å². The minimum atomic E-state index is -1.26. The monoisotopic (exact) mass is 236 g/mol. The van der Waals surface area contributed by atoms with Gasteiger partial charge in [-0.1, -0.05) is 0 Å². The molecular weight excluding hydrogens is 230 g/mol.